The maximum absolute atomic E-state index is 12.9. The number of aliphatic carboxylic acids is 1. The monoisotopic (exact) mass is 487 g/mol. The Morgan fingerprint density at radius 3 is 1.84 bits per heavy atom. The molecule has 0 aliphatic heterocycles. The lowest BCUT2D eigenvalue weighted by Crippen LogP contribution is -2.43. The molecule has 0 saturated carbocycles. The Morgan fingerprint density at radius 2 is 1.27 bits per heavy atom. The SMILES string of the molecule is O=C(N[C@@H](Cc1c2ccccc2cc2ccccc12)C(=O)O)OCC1c2ccccc2-c2ccccc21. The second-order valence-electron chi connectivity index (χ2n) is 9.36. The molecule has 0 radical (unpaired) electrons. The maximum Gasteiger partial charge on any atom is 0.407 e. The van der Waals surface area contributed by atoms with Crippen molar-refractivity contribution in [3.63, 3.8) is 0 Å². The quantitative estimate of drug-likeness (QED) is 0.267. The number of rotatable bonds is 6. The molecule has 37 heavy (non-hydrogen) atoms. The van der Waals surface area contributed by atoms with Gasteiger partial charge in [0.15, 0.2) is 0 Å². The normalized spacial score (nSPS) is 13.2. The molecule has 1 aliphatic rings. The molecule has 1 amide bonds. The fourth-order valence-corrected chi connectivity index (χ4v) is 5.51. The summed E-state index contributed by atoms with van der Waals surface area (Å²) in [5, 5.41) is 16.6. The van der Waals surface area contributed by atoms with E-state index < -0.39 is 18.1 Å². The van der Waals surface area contributed by atoms with Crippen LogP contribution in [0.15, 0.2) is 103 Å². The van der Waals surface area contributed by atoms with Crippen molar-refractivity contribution in [3.8, 4) is 11.1 Å². The van der Waals surface area contributed by atoms with Crippen LogP contribution in [0.1, 0.15) is 22.6 Å². The van der Waals surface area contributed by atoms with Crippen LogP contribution in [0, 0.1) is 0 Å². The van der Waals surface area contributed by atoms with Crippen molar-refractivity contribution in [3.05, 3.63) is 120 Å². The lowest BCUT2D eigenvalue weighted by Gasteiger charge is -2.19. The van der Waals surface area contributed by atoms with Crippen LogP contribution in [-0.2, 0) is 16.0 Å². The van der Waals surface area contributed by atoms with Crippen LogP contribution in [0.2, 0.25) is 0 Å². The van der Waals surface area contributed by atoms with Gasteiger partial charge in [0.1, 0.15) is 12.6 Å². The molecule has 0 heterocycles. The van der Waals surface area contributed by atoms with E-state index in [0.29, 0.717) is 0 Å². The molecule has 0 saturated heterocycles. The second kappa shape index (κ2) is 9.43. The molecule has 2 N–H and O–H groups in total. The zero-order valence-corrected chi connectivity index (χ0v) is 20.1. The third kappa shape index (κ3) is 4.19. The molecule has 6 rings (SSSR count). The van der Waals surface area contributed by atoms with Crippen molar-refractivity contribution in [2.24, 2.45) is 0 Å². The van der Waals surface area contributed by atoms with Crippen LogP contribution in [0.3, 0.4) is 0 Å². The predicted molar refractivity (Wildman–Crippen MR) is 145 cm³/mol. The number of carboxylic acid groups (broad SMARTS) is 1. The Balaban J connectivity index is 1.23. The first-order chi connectivity index (χ1) is 18.1. The number of ether oxygens (including phenoxy) is 1. The van der Waals surface area contributed by atoms with E-state index in [4.69, 9.17) is 4.74 Å². The van der Waals surface area contributed by atoms with Crippen LogP contribution in [0.5, 0.6) is 0 Å². The molecule has 0 spiro atoms. The second-order valence-corrected chi connectivity index (χ2v) is 9.36. The number of fused-ring (bicyclic) bond motifs is 5. The van der Waals surface area contributed by atoms with E-state index in [0.717, 1.165) is 49.4 Å². The first-order valence-electron chi connectivity index (χ1n) is 12.3. The van der Waals surface area contributed by atoms with Crippen LogP contribution in [-0.4, -0.2) is 29.8 Å². The van der Waals surface area contributed by atoms with Crippen molar-refractivity contribution < 1.29 is 19.4 Å². The van der Waals surface area contributed by atoms with Crippen molar-refractivity contribution in [2.75, 3.05) is 6.61 Å². The van der Waals surface area contributed by atoms with Gasteiger partial charge < -0.3 is 15.2 Å². The smallest absolute Gasteiger partial charge is 0.407 e. The third-order valence-corrected chi connectivity index (χ3v) is 7.22. The summed E-state index contributed by atoms with van der Waals surface area (Å²) in [5.41, 5.74) is 5.37. The minimum absolute atomic E-state index is 0.0940. The fraction of sp³-hybridized carbons (Fsp3) is 0.125. The molecule has 0 bridgehead atoms. The van der Waals surface area contributed by atoms with Gasteiger partial charge in [0.2, 0.25) is 0 Å². The molecule has 1 atom stereocenters. The van der Waals surface area contributed by atoms with E-state index >= 15 is 0 Å². The lowest BCUT2D eigenvalue weighted by atomic mass is 9.92. The summed E-state index contributed by atoms with van der Waals surface area (Å²) in [7, 11) is 0. The summed E-state index contributed by atoms with van der Waals surface area (Å²) in [6.45, 7) is 0.128. The number of hydrogen-bond acceptors (Lipinski definition) is 3. The Hall–Kier alpha value is -4.64. The minimum Gasteiger partial charge on any atom is -0.480 e. The van der Waals surface area contributed by atoms with Crippen molar-refractivity contribution in [1.29, 1.82) is 0 Å². The predicted octanol–water partition coefficient (Wildman–Crippen LogP) is 6.53. The van der Waals surface area contributed by atoms with Crippen molar-refractivity contribution in [2.45, 2.75) is 18.4 Å². The average molecular weight is 488 g/mol. The van der Waals surface area contributed by atoms with Gasteiger partial charge >= 0.3 is 12.1 Å². The Kier molecular flexibility index (Phi) is 5.81. The molecule has 0 unspecified atom stereocenters. The lowest BCUT2D eigenvalue weighted by molar-refractivity contribution is -0.139. The minimum atomic E-state index is -1.13. The van der Waals surface area contributed by atoms with E-state index in [9.17, 15) is 14.7 Å². The van der Waals surface area contributed by atoms with Gasteiger partial charge in [-0.15, -0.1) is 0 Å². The first kappa shape index (κ1) is 22.8. The topological polar surface area (TPSA) is 75.6 Å². The van der Waals surface area contributed by atoms with Crippen molar-refractivity contribution in [1.82, 2.24) is 5.32 Å². The zero-order valence-electron chi connectivity index (χ0n) is 20.1. The molecule has 0 aromatic heterocycles. The number of carbonyl (C=O) groups excluding carboxylic acids is 1. The molecule has 182 valence electrons. The highest BCUT2D eigenvalue weighted by molar-refractivity contribution is 6.02. The number of alkyl carbamates (subject to hydrolysis) is 1. The van der Waals surface area contributed by atoms with Gasteiger partial charge in [0, 0.05) is 12.3 Å². The molecule has 5 aromatic rings. The van der Waals surface area contributed by atoms with Gasteiger partial charge in [-0.3, -0.25) is 0 Å². The fourth-order valence-electron chi connectivity index (χ4n) is 5.51. The van der Waals surface area contributed by atoms with E-state index in [1.165, 1.54) is 0 Å². The average Bonchev–Trinajstić information content (AvgIpc) is 3.25. The van der Waals surface area contributed by atoms with Gasteiger partial charge in [-0.05, 0) is 55.4 Å². The molecule has 5 nitrogen and oxygen atoms in total. The third-order valence-electron chi connectivity index (χ3n) is 7.22. The molecular weight excluding hydrogens is 462 g/mol. The van der Waals surface area contributed by atoms with Crippen LogP contribution in [0.4, 0.5) is 4.79 Å². The van der Waals surface area contributed by atoms with Crippen LogP contribution < -0.4 is 5.32 Å². The molecule has 1 aliphatic carbocycles. The summed E-state index contributed by atoms with van der Waals surface area (Å²) in [6.07, 6.45) is -0.597. The molecule has 5 aromatic carbocycles. The molecule has 0 fully saturated rings. The summed E-state index contributed by atoms with van der Waals surface area (Å²) >= 11 is 0. The molecule has 5 heteroatoms. The molecular formula is C32H25NO4. The Bertz CT molecular complexity index is 1560. The largest absolute Gasteiger partial charge is 0.480 e. The van der Waals surface area contributed by atoms with E-state index in [2.05, 4.69) is 23.5 Å². The van der Waals surface area contributed by atoms with Crippen LogP contribution >= 0.6 is 0 Å². The van der Waals surface area contributed by atoms with E-state index in [1.807, 2.05) is 84.9 Å². The maximum atomic E-state index is 12.9. The Labute approximate surface area is 214 Å². The number of benzene rings is 5. The van der Waals surface area contributed by atoms with Gasteiger partial charge in [0.25, 0.3) is 0 Å². The highest BCUT2D eigenvalue weighted by Gasteiger charge is 2.30. The zero-order chi connectivity index (χ0) is 25.4. The van der Waals surface area contributed by atoms with Gasteiger partial charge in [-0.2, -0.15) is 0 Å². The number of carbonyl (C=O) groups is 2. The number of amides is 1. The highest BCUT2D eigenvalue weighted by atomic mass is 16.5. The van der Waals surface area contributed by atoms with Gasteiger partial charge in [-0.25, -0.2) is 9.59 Å². The van der Waals surface area contributed by atoms with Crippen LogP contribution in [0.25, 0.3) is 32.7 Å². The first-order valence-corrected chi connectivity index (χ1v) is 12.3. The van der Waals surface area contributed by atoms with Crippen molar-refractivity contribution >= 4 is 33.6 Å². The van der Waals surface area contributed by atoms with E-state index in [-0.39, 0.29) is 18.9 Å². The summed E-state index contributed by atoms with van der Waals surface area (Å²) < 4.78 is 5.62. The number of hydrogen-bond donors (Lipinski definition) is 2. The highest BCUT2D eigenvalue weighted by Crippen LogP contribution is 2.44. The van der Waals surface area contributed by atoms with E-state index in [1.54, 1.807) is 0 Å². The standard InChI is InChI=1S/C32H25NO4/c34-31(35)30(18-28-22-11-3-1-9-20(22)17-21-10-2-4-12-23(21)28)33-32(36)37-19-29-26-15-7-5-13-24(26)25-14-6-8-16-27(25)29/h1-17,29-30H,18-19H2,(H,33,36)(H,34,35)/t30-/m0/s1. The Morgan fingerprint density at radius 1 is 0.757 bits per heavy atom. The number of nitrogens with one attached hydrogen (secondary N) is 1. The summed E-state index contributed by atoms with van der Waals surface area (Å²) in [5.74, 6) is -1.20. The van der Waals surface area contributed by atoms with Gasteiger partial charge in [0.05, 0.1) is 0 Å². The summed E-state index contributed by atoms with van der Waals surface area (Å²) in [6, 6.07) is 33.0. The summed E-state index contributed by atoms with van der Waals surface area (Å²) in [4.78, 5) is 25.1. The van der Waals surface area contributed by atoms with Gasteiger partial charge in [-0.1, -0.05) is 97.1 Å². The number of carboxylic acids is 1.